The summed E-state index contributed by atoms with van der Waals surface area (Å²) < 4.78 is 5.58. The van der Waals surface area contributed by atoms with E-state index in [-0.39, 0.29) is 5.60 Å². The highest BCUT2D eigenvalue weighted by Gasteiger charge is 2.13. The SMILES string of the molecule is C=C(OC(C)(C)C)N(C)CCC. The maximum atomic E-state index is 5.58. The van der Waals surface area contributed by atoms with Crippen LogP contribution < -0.4 is 0 Å². The van der Waals surface area contributed by atoms with Crippen molar-refractivity contribution in [2.75, 3.05) is 13.6 Å². The number of ether oxygens (including phenoxy) is 1. The Kier molecular flexibility index (Phi) is 4.15. The molecule has 0 aliphatic rings. The van der Waals surface area contributed by atoms with Crippen LogP contribution in [0.15, 0.2) is 12.5 Å². The van der Waals surface area contributed by atoms with Crippen LogP contribution in [0, 0.1) is 0 Å². The van der Waals surface area contributed by atoms with E-state index in [9.17, 15) is 0 Å². The number of rotatable bonds is 4. The molecule has 0 amide bonds. The number of nitrogens with zero attached hydrogens (tertiary/aromatic N) is 1. The largest absolute Gasteiger partial charge is 0.474 e. The van der Waals surface area contributed by atoms with Crippen LogP contribution in [-0.2, 0) is 4.74 Å². The monoisotopic (exact) mass is 171 g/mol. The summed E-state index contributed by atoms with van der Waals surface area (Å²) in [5.74, 6) is 0.754. The van der Waals surface area contributed by atoms with Crippen LogP contribution in [0.5, 0.6) is 0 Å². The van der Waals surface area contributed by atoms with Gasteiger partial charge in [0.2, 0.25) is 0 Å². The molecule has 0 saturated heterocycles. The lowest BCUT2D eigenvalue weighted by Gasteiger charge is -2.28. The fourth-order valence-corrected chi connectivity index (χ4v) is 0.891. The average molecular weight is 171 g/mol. The first-order valence-electron chi connectivity index (χ1n) is 4.46. The quantitative estimate of drug-likeness (QED) is 0.603. The summed E-state index contributed by atoms with van der Waals surface area (Å²) >= 11 is 0. The minimum atomic E-state index is -0.140. The Bertz CT molecular complexity index is 146. The normalized spacial score (nSPS) is 11.1. The Hall–Kier alpha value is -0.660. The minimum absolute atomic E-state index is 0.140. The number of hydrogen-bond donors (Lipinski definition) is 0. The van der Waals surface area contributed by atoms with Crippen molar-refractivity contribution in [3.8, 4) is 0 Å². The number of hydrogen-bond acceptors (Lipinski definition) is 2. The molecule has 0 aromatic rings. The summed E-state index contributed by atoms with van der Waals surface area (Å²) in [6.07, 6.45) is 1.11. The molecule has 0 atom stereocenters. The third-order valence-corrected chi connectivity index (χ3v) is 1.41. The van der Waals surface area contributed by atoms with Gasteiger partial charge < -0.3 is 9.64 Å². The van der Waals surface area contributed by atoms with Crippen molar-refractivity contribution in [3.63, 3.8) is 0 Å². The van der Waals surface area contributed by atoms with E-state index in [1.165, 1.54) is 0 Å². The summed E-state index contributed by atoms with van der Waals surface area (Å²) in [5.41, 5.74) is -0.140. The topological polar surface area (TPSA) is 12.5 Å². The molecule has 0 saturated carbocycles. The van der Waals surface area contributed by atoms with Gasteiger partial charge in [-0.05, 0) is 33.8 Å². The van der Waals surface area contributed by atoms with E-state index >= 15 is 0 Å². The fourth-order valence-electron chi connectivity index (χ4n) is 0.891. The zero-order chi connectivity index (χ0) is 9.78. The molecule has 12 heavy (non-hydrogen) atoms. The molecule has 0 N–H and O–H groups in total. The van der Waals surface area contributed by atoms with Crippen molar-refractivity contribution in [2.24, 2.45) is 0 Å². The second-order valence-corrected chi connectivity index (χ2v) is 4.03. The van der Waals surface area contributed by atoms with Crippen molar-refractivity contribution < 1.29 is 4.74 Å². The average Bonchev–Trinajstić information content (AvgIpc) is 1.84. The molecule has 0 unspecified atom stereocenters. The van der Waals surface area contributed by atoms with Crippen molar-refractivity contribution >= 4 is 0 Å². The highest BCUT2D eigenvalue weighted by molar-refractivity contribution is 4.83. The van der Waals surface area contributed by atoms with Crippen LogP contribution in [0.25, 0.3) is 0 Å². The lowest BCUT2D eigenvalue weighted by atomic mass is 10.2. The Morgan fingerprint density at radius 1 is 1.42 bits per heavy atom. The first-order valence-corrected chi connectivity index (χ1v) is 4.46. The molecule has 0 aliphatic carbocycles. The van der Waals surface area contributed by atoms with E-state index in [2.05, 4.69) is 13.5 Å². The van der Waals surface area contributed by atoms with Gasteiger partial charge in [-0.1, -0.05) is 6.92 Å². The maximum Gasteiger partial charge on any atom is 0.182 e. The van der Waals surface area contributed by atoms with E-state index in [0.717, 1.165) is 18.8 Å². The Labute approximate surface area is 76.2 Å². The molecule has 0 aliphatic heterocycles. The third kappa shape index (κ3) is 5.05. The standard InChI is InChI=1S/C10H21NO/c1-7-8-11(6)9(2)12-10(3,4)5/h2,7-8H2,1,3-6H3. The molecule has 0 bridgehead atoms. The van der Waals surface area contributed by atoms with Crippen LogP contribution in [0.4, 0.5) is 0 Å². The van der Waals surface area contributed by atoms with E-state index < -0.39 is 0 Å². The summed E-state index contributed by atoms with van der Waals surface area (Å²) in [6, 6.07) is 0. The van der Waals surface area contributed by atoms with Crippen LogP contribution in [-0.4, -0.2) is 24.1 Å². The molecule has 0 aromatic carbocycles. The lowest BCUT2D eigenvalue weighted by Crippen LogP contribution is -2.27. The fraction of sp³-hybridized carbons (Fsp3) is 0.800. The molecule has 0 heterocycles. The molecule has 0 fully saturated rings. The second-order valence-electron chi connectivity index (χ2n) is 4.03. The molecular formula is C10H21NO. The zero-order valence-corrected chi connectivity index (χ0v) is 8.98. The van der Waals surface area contributed by atoms with Gasteiger partial charge in [0.25, 0.3) is 0 Å². The van der Waals surface area contributed by atoms with Crippen molar-refractivity contribution in [2.45, 2.75) is 39.7 Å². The Morgan fingerprint density at radius 3 is 2.25 bits per heavy atom. The predicted octanol–water partition coefficient (Wildman–Crippen LogP) is 2.61. The minimum Gasteiger partial charge on any atom is -0.474 e. The van der Waals surface area contributed by atoms with Crippen molar-refractivity contribution in [3.05, 3.63) is 12.5 Å². The maximum absolute atomic E-state index is 5.58. The van der Waals surface area contributed by atoms with E-state index in [1.807, 2.05) is 32.7 Å². The van der Waals surface area contributed by atoms with Gasteiger partial charge in [-0.2, -0.15) is 0 Å². The van der Waals surface area contributed by atoms with Crippen LogP contribution in [0.1, 0.15) is 34.1 Å². The van der Waals surface area contributed by atoms with Gasteiger partial charge in [-0.3, -0.25) is 0 Å². The van der Waals surface area contributed by atoms with E-state index in [0.29, 0.717) is 0 Å². The molecule has 2 heteroatoms. The molecule has 0 spiro atoms. The lowest BCUT2D eigenvalue weighted by molar-refractivity contribution is 0.00957. The van der Waals surface area contributed by atoms with Gasteiger partial charge in [0.15, 0.2) is 5.88 Å². The molecule has 0 rings (SSSR count). The zero-order valence-electron chi connectivity index (χ0n) is 8.98. The highest BCUT2D eigenvalue weighted by Crippen LogP contribution is 2.14. The summed E-state index contributed by atoms with van der Waals surface area (Å²) in [6.45, 7) is 13.1. The van der Waals surface area contributed by atoms with Gasteiger partial charge in [0, 0.05) is 13.6 Å². The van der Waals surface area contributed by atoms with Gasteiger partial charge in [-0.25, -0.2) is 0 Å². The van der Waals surface area contributed by atoms with Crippen LogP contribution in [0.3, 0.4) is 0 Å². The van der Waals surface area contributed by atoms with Crippen molar-refractivity contribution in [1.29, 1.82) is 0 Å². The molecule has 2 nitrogen and oxygen atoms in total. The van der Waals surface area contributed by atoms with Crippen molar-refractivity contribution in [1.82, 2.24) is 4.90 Å². The van der Waals surface area contributed by atoms with E-state index in [4.69, 9.17) is 4.74 Å². The van der Waals surface area contributed by atoms with Gasteiger partial charge in [-0.15, -0.1) is 0 Å². The van der Waals surface area contributed by atoms with Crippen LogP contribution in [0.2, 0.25) is 0 Å². The van der Waals surface area contributed by atoms with Gasteiger partial charge in [0.1, 0.15) is 5.60 Å². The first kappa shape index (κ1) is 11.3. The first-order chi connectivity index (χ1) is 5.37. The molecule has 72 valence electrons. The van der Waals surface area contributed by atoms with E-state index in [1.54, 1.807) is 0 Å². The highest BCUT2D eigenvalue weighted by atomic mass is 16.5. The smallest absolute Gasteiger partial charge is 0.182 e. The van der Waals surface area contributed by atoms with Gasteiger partial charge in [0.05, 0.1) is 0 Å². The molecule has 0 radical (unpaired) electrons. The summed E-state index contributed by atoms with van der Waals surface area (Å²) in [4.78, 5) is 2.03. The van der Waals surface area contributed by atoms with Crippen LogP contribution >= 0.6 is 0 Å². The Morgan fingerprint density at radius 2 is 1.92 bits per heavy atom. The second kappa shape index (κ2) is 4.39. The summed E-state index contributed by atoms with van der Waals surface area (Å²) in [7, 11) is 2.00. The Balaban J connectivity index is 3.87. The van der Waals surface area contributed by atoms with Gasteiger partial charge >= 0.3 is 0 Å². The third-order valence-electron chi connectivity index (χ3n) is 1.41. The predicted molar refractivity (Wildman–Crippen MR) is 52.9 cm³/mol. The molecule has 0 aromatic heterocycles. The molecular weight excluding hydrogens is 150 g/mol. The summed E-state index contributed by atoms with van der Waals surface area (Å²) in [5, 5.41) is 0.